The molecule has 0 atom stereocenters. The minimum absolute atomic E-state index is 0.0200. The lowest BCUT2D eigenvalue weighted by atomic mass is 10.0. The number of carbonyl (C=O) groups is 2. The average molecular weight is 322 g/mol. The van der Waals surface area contributed by atoms with Gasteiger partial charge in [-0.05, 0) is 24.3 Å². The maximum atomic E-state index is 14.0. The summed E-state index contributed by atoms with van der Waals surface area (Å²) < 4.78 is 32.5. The maximum Gasteiger partial charge on any atom is 0.335 e. The molecule has 0 heterocycles. The second kappa shape index (κ2) is 6.97. The molecule has 0 aliphatic rings. The highest BCUT2D eigenvalue weighted by molar-refractivity contribution is 6.11. The number of ether oxygens (including phenoxy) is 1. The number of carboxylic acid groups (broad SMARTS) is 1. The number of aromatic carboxylic acids is 1. The van der Waals surface area contributed by atoms with Crippen molar-refractivity contribution < 1.29 is 33.3 Å². The predicted octanol–water partition coefficient (Wildman–Crippen LogP) is 2.27. The molecule has 0 aromatic heterocycles. The van der Waals surface area contributed by atoms with Gasteiger partial charge in [-0.1, -0.05) is 12.1 Å². The van der Waals surface area contributed by atoms with Gasteiger partial charge in [-0.2, -0.15) is 0 Å². The van der Waals surface area contributed by atoms with E-state index in [2.05, 4.69) is 0 Å². The highest BCUT2D eigenvalue weighted by Crippen LogP contribution is 2.27. The predicted molar refractivity (Wildman–Crippen MR) is 75.8 cm³/mol. The first-order valence-electron chi connectivity index (χ1n) is 6.55. The molecule has 2 N–H and O–H groups in total. The Hall–Kier alpha value is -2.80. The quantitative estimate of drug-likeness (QED) is 0.797. The summed E-state index contributed by atoms with van der Waals surface area (Å²) >= 11 is 0. The SMILES string of the molecule is O=C(O)c1ccc(C(=O)c2c(OCCO)ccc(F)c2F)cc1. The molecule has 23 heavy (non-hydrogen) atoms. The van der Waals surface area contributed by atoms with Crippen LogP contribution in [0.4, 0.5) is 8.78 Å². The van der Waals surface area contributed by atoms with Gasteiger partial charge in [0, 0.05) is 5.56 Å². The van der Waals surface area contributed by atoms with Crippen LogP contribution in [0.5, 0.6) is 5.75 Å². The number of aliphatic hydroxyl groups is 1. The molecule has 0 bridgehead atoms. The third kappa shape index (κ3) is 3.51. The van der Waals surface area contributed by atoms with Crippen LogP contribution in [-0.2, 0) is 0 Å². The molecule has 2 rings (SSSR count). The van der Waals surface area contributed by atoms with Crippen LogP contribution >= 0.6 is 0 Å². The van der Waals surface area contributed by atoms with Crippen molar-refractivity contribution in [2.24, 2.45) is 0 Å². The first-order chi connectivity index (χ1) is 11.0. The third-order valence-corrected chi connectivity index (χ3v) is 3.03. The number of hydrogen-bond donors (Lipinski definition) is 2. The molecule has 0 aliphatic heterocycles. The molecular formula is C16H12F2O5. The van der Waals surface area contributed by atoms with Gasteiger partial charge in [-0.3, -0.25) is 4.79 Å². The Morgan fingerprint density at radius 1 is 1.00 bits per heavy atom. The van der Waals surface area contributed by atoms with Crippen molar-refractivity contribution in [3.8, 4) is 5.75 Å². The number of hydrogen-bond acceptors (Lipinski definition) is 4. The average Bonchev–Trinajstić information content (AvgIpc) is 2.55. The smallest absolute Gasteiger partial charge is 0.335 e. The maximum absolute atomic E-state index is 14.0. The van der Waals surface area contributed by atoms with Gasteiger partial charge < -0.3 is 14.9 Å². The summed E-state index contributed by atoms with van der Waals surface area (Å²) in [6.07, 6.45) is 0. The standard InChI is InChI=1S/C16H12F2O5/c17-11-5-6-12(23-8-7-19)13(14(11)18)15(20)9-1-3-10(4-2-9)16(21)22/h1-6,19H,7-8H2,(H,21,22). The van der Waals surface area contributed by atoms with Gasteiger partial charge in [0.1, 0.15) is 17.9 Å². The zero-order valence-electron chi connectivity index (χ0n) is 11.8. The lowest BCUT2D eigenvalue weighted by Crippen LogP contribution is -2.12. The van der Waals surface area contributed by atoms with Crippen molar-refractivity contribution in [3.63, 3.8) is 0 Å². The molecule has 7 heteroatoms. The fraction of sp³-hybridized carbons (Fsp3) is 0.125. The second-order valence-electron chi connectivity index (χ2n) is 4.52. The number of rotatable bonds is 6. The first-order valence-corrected chi connectivity index (χ1v) is 6.55. The summed E-state index contributed by atoms with van der Waals surface area (Å²) in [7, 11) is 0. The van der Waals surface area contributed by atoms with Gasteiger partial charge in [0.2, 0.25) is 0 Å². The molecule has 0 spiro atoms. The van der Waals surface area contributed by atoms with E-state index in [0.29, 0.717) is 0 Å². The molecule has 0 amide bonds. The number of halogens is 2. The molecule has 2 aromatic rings. The second-order valence-corrected chi connectivity index (χ2v) is 4.52. The molecule has 0 fully saturated rings. The van der Waals surface area contributed by atoms with Crippen LogP contribution in [0.15, 0.2) is 36.4 Å². The van der Waals surface area contributed by atoms with E-state index >= 15 is 0 Å². The van der Waals surface area contributed by atoms with Gasteiger partial charge >= 0.3 is 5.97 Å². The summed E-state index contributed by atoms with van der Waals surface area (Å²) in [4.78, 5) is 23.2. The van der Waals surface area contributed by atoms with E-state index in [4.69, 9.17) is 14.9 Å². The van der Waals surface area contributed by atoms with Crippen molar-refractivity contribution in [3.05, 3.63) is 64.7 Å². The Morgan fingerprint density at radius 3 is 2.17 bits per heavy atom. The molecular weight excluding hydrogens is 310 g/mol. The highest BCUT2D eigenvalue weighted by Gasteiger charge is 2.23. The van der Waals surface area contributed by atoms with Crippen molar-refractivity contribution >= 4 is 11.8 Å². The van der Waals surface area contributed by atoms with Crippen LogP contribution in [0.25, 0.3) is 0 Å². The van der Waals surface area contributed by atoms with Crippen molar-refractivity contribution in [2.75, 3.05) is 13.2 Å². The molecule has 0 saturated heterocycles. The van der Waals surface area contributed by atoms with Crippen LogP contribution in [0.3, 0.4) is 0 Å². The summed E-state index contributed by atoms with van der Waals surface area (Å²) in [5, 5.41) is 17.6. The summed E-state index contributed by atoms with van der Waals surface area (Å²) in [5.41, 5.74) is -0.673. The fourth-order valence-electron chi connectivity index (χ4n) is 1.93. The van der Waals surface area contributed by atoms with Crippen LogP contribution in [0.2, 0.25) is 0 Å². The van der Waals surface area contributed by atoms with Crippen molar-refractivity contribution in [2.45, 2.75) is 0 Å². The Balaban J connectivity index is 2.44. The van der Waals surface area contributed by atoms with Crippen molar-refractivity contribution in [1.29, 1.82) is 0 Å². The Kier molecular flexibility index (Phi) is 5.02. The van der Waals surface area contributed by atoms with E-state index in [1.807, 2.05) is 0 Å². The zero-order valence-corrected chi connectivity index (χ0v) is 11.8. The molecule has 120 valence electrons. The number of benzene rings is 2. The van der Waals surface area contributed by atoms with Gasteiger partial charge in [0.25, 0.3) is 0 Å². The molecule has 5 nitrogen and oxygen atoms in total. The Labute approximate surface area is 129 Å². The lowest BCUT2D eigenvalue weighted by Gasteiger charge is -2.11. The van der Waals surface area contributed by atoms with Crippen LogP contribution in [0.1, 0.15) is 26.3 Å². The van der Waals surface area contributed by atoms with E-state index in [0.717, 1.165) is 12.1 Å². The van der Waals surface area contributed by atoms with E-state index in [1.54, 1.807) is 0 Å². The molecule has 0 radical (unpaired) electrons. The van der Waals surface area contributed by atoms with E-state index in [-0.39, 0.29) is 30.1 Å². The highest BCUT2D eigenvalue weighted by atomic mass is 19.2. The zero-order chi connectivity index (χ0) is 17.0. The van der Waals surface area contributed by atoms with E-state index in [1.165, 1.54) is 24.3 Å². The molecule has 0 saturated carbocycles. The van der Waals surface area contributed by atoms with Crippen LogP contribution in [-0.4, -0.2) is 35.2 Å². The van der Waals surface area contributed by atoms with Crippen LogP contribution in [0, 0.1) is 11.6 Å². The number of carboxylic acids is 1. The summed E-state index contributed by atoms with van der Waals surface area (Å²) in [6, 6.07) is 6.67. The van der Waals surface area contributed by atoms with Crippen LogP contribution < -0.4 is 4.74 Å². The number of ketones is 1. The largest absolute Gasteiger partial charge is 0.490 e. The Morgan fingerprint density at radius 2 is 1.61 bits per heavy atom. The normalized spacial score (nSPS) is 10.4. The van der Waals surface area contributed by atoms with Gasteiger partial charge in [0.15, 0.2) is 17.4 Å². The third-order valence-electron chi connectivity index (χ3n) is 3.03. The lowest BCUT2D eigenvalue weighted by molar-refractivity contribution is 0.0696. The molecule has 2 aromatic carbocycles. The minimum atomic E-state index is -1.37. The van der Waals surface area contributed by atoms with E-state index in [9.17, 15) is 18.4 Å². The fourth-order valence-corrected chi connectivity index (χ4v) is 1.93. The van der Waals surface area contributed by atoms with Crippen molar-refractivity contribution in [1.82, 2.24) is 0 Å². The number of aliphatic hydroxyl groups excluding tert-OH is 1. The molecule has 0 unspecified atom stereocenters. The van der Waals surface area contributed by atoms with E-state index < -0.39 is 29.0 Å². The van der Waals surface area contributed by atoms with Gasteiger partial charge in [-0.15, -0.1) is 0 Å². The minimum Gasteiger partial charge on any atom is -0.490 e. The Bertz CT molecular complexity index is 741. The first kappa shape index (κ1) is 16.6. The number of carbonyl (C=O) groups excluding carboxylic acids is 1. The van der Waals surface area contributed by atoms with Gasteiger partial charge in [0.05, 0.1) is 12.2 Å². The topological polar surface area (TPSA) is 83.8 Å². The summed E-state index contributed by atoms with van der Waals surface area (Å²) in [5.74, 6) is -4.82. The summed E-state index contributed by atoms with van der Waals surface area (Å²) in [6.45, 7) is -0.552. The van der Waals surface area contributed by atoms with Gasteiger partial charge in [-0.25, -0.2) is 13.6 Å². The molecule has 0 aliphatic carbocycles. The monoisotopic (exact) mass is 322 g/mol.